The maximum absolute atomic E-state index is 12.5. The van der Waals surface area contributed by atoms with E-state index in [1.165, 1.54) is 17.4 Å². The first-order valence-electron chi connectivity index (χ1n) is 7.66. The zero-order valence-electron chi connectivity index (χ0n) is 13.5. The van der Waals surface area contributed by atoms with Gasteiger partial charge in [-0.1, -0.05) is 6.07 Å². The van der Waals surface area contributed by atoms with E-state index in [0.717, 1.165) is 18.0 Å². The van der Waals surface area contributed by atoms with Crippen molar-refractivity contribution >= 4 is 28.9 Å². The van der Waals surface area contributed by atoms with Gasteiger partial charge in [-0.25, -0.2) is 9.78 Å². The molecule has 1 saturated heterocycles. The van der Waals surface area contributed by atoms with Gasteiger partial charge in [0.2, 0.25) is 0 Å². The van der Waals surface area contributed by atoms with Crippen molar-refractivity contribution in [2.24, 2.45) is 0 Å². The highest BCUT2D eigenvalue weighted by atomic mass is 32.1. The summed E-state index contributed by atoms with van der Waals surface area (Å²) in [6.45, 7) is 4.90. The summed E-state index contributed by atoms with van der Waals surface area (Å²) in [6.07, 6.45) is 0.925. The van der Waals surface area contributed by atoms with E-state index in [9.17, 15) is 14.7 Å². The molecule has 1 amide bonds. The van der Waals surface area contributed by atoms with Crippen LogP contribution in [0.2, 0.25) is 0 Å². The molecule has 1 fully saturated rings. The van der Waals surface area contributed by atoms with Gasteiger partial charge in [-0.3, -0.25) is 4.79 Å². The molecule has 1 atom stereocenters. The molecule has 3 rings (SSSR count). The third-order valence-electron chi connectivity index (χ3n) is 4.02. The van der Waals surface area contributed by atoms with E-state index in [-0.39, 0.29) is 17.4 Å². The van der Waals surface area contributed by atoms with Crippen LogP contribution in [0.15, 0.2) is 18.2 Å². The van der Waals surface area contributed by atoms with Crippen LogP contribution in [-0.4, -0.2) is 35.2 Å². The number of carboxylic acids is 1. The van der Waals surface area contributed by atoms with Crippen LogP contribution in [0.1, 0.15) is 48.6 Å². The molecule has 1 aromatic carbocycles. The Labute approximate surface area is 143 Å². The molecule has 6 nitrogen and oxygen atoms in total. The zero-order chi connectivity index (χ0) is 17.3. The number of nitrogens with one attached hydrogen (secondary N) is 1. The highest BCUT2D eigenvalue weighted by Crippen LogP contribution is 2.31. The Morgan fingerprint density at radius 1 is 1.38 bits per heavy atom. The molecule has 0 bridgehead atoms. The number of rotatable bonds is 4. The van der Waals surface area contributed by atoms with Crippen LogP contribution in [0.25, 0.3) is 0 Å². The summed E-state index contributed by atoms with van der Waals surface area (Å²) in [5.41, 5.74) is 1.97. The second-order valence-electron chi connectivity index (χ2n) is 5.82. The topological polar surface area (TPSA) is 88.5 Å². The van der Waals surface area contributed by atoms with Crippen molar-refractivity contribution in [3.8, 4) is 0 Å². The third kappa shape index (κ3) is 3.32. The Kier molecular flexibility index (Phi) is 4.64. The van der Waals surface area contributed by atoms with Crippen molar-refractivity contribution in [2.75, 3.05) is 18.5 Å². The molecule has 1 aliphatic rings. The molecule has 0 radical (unpaired) electrons. The van der Waals surface area contributed by atoms with Crippen LogP contribution in [0.3, 0.4) is 0 Å². The number of ether oxygens (including phenoxy) is 1. The van der Waals surface area contributed by atoms with E-state index in [2.05, 4.69) is 10.3 Å². The van der Waals surface area contributed by atoms with Gasteiger partial charge < -0.3 is 15.2 Å². The molecule has 24 heavy (non-hydrogen) atoms. The minimum absolute atomic E-state index is 0.178. The molecule has 0 saturated carbocycles. The van der Waals surface area contributed by atoms with Crippen molar-refractivity contribution in [3.05, 3.63) is 44.9 Å². The van der Waals surface area contributed by atoms with Crippen LogP contribution in [0.4, 0.5) is 5.69 Å². The number of aryl methyl sites for hydroxylation is 2. The predicted octanol–water partition coefficient (Wildman–Crippen LogP) is 3.21. The molecule has 2 heterocycles. The molecule has 7 heteroatoms. The van der Waals surface area contributed by atoms with Gasteiger partial charge in [0.15, 0.2) is 0 Å². The highest BCUT2D eigenvalue weighted by Gasteiger charge is 2.24. The van der Waals surface area contributed by atoms with Gasteiger partial charge in [0.05, 0.1) is 22.9 Å². The molecule has 2 aromatic rings. The Bertz CT molecular complexity index is 794. The standard InChI is InChI=1S/C17H18N2O4S/c1-9-3-4-12(7-13(9)17(21)22)19-15(20)14-10(2)18-16(24-14)11-5-6-23-8-11/h3-4,7,11H,5-6,8H2,1-2H3,(H,19,20)(H,21,22). The summed E-state index contributed by atoms with van der Waals surface area (Å²) in [6, 6.07) is 4.85. The number of carbonyl (C=O) groups excluding carboxylic acids is 1. The van der Waals surface area contributed by atoms with Gasteiger partial charge in [-0.2, -0.15) is 0 Å². The number of hydrogen-bond acceptors (Lipinski definition) is 5. The number of benzene rings is 1. The van der Waals surface area contributed by atoms with Crippen molar-refractivity contribution in [1.82, 2.24) is 4.98 Å². The first-order chi connectivity index (χ1) is 11.5. The van der Waals surface area contributed by atoms with Gasteiger partial charge in [-0.15, -0.1) is 11.3 Å². The minimum atomic E-state index is -1.01. The number of hydrogen-bond donors (Lipinski definition) is 2. The summed E-state index contributed by atoms with van der Waals surface area (Å²) in [7, 11) is 0. The summed E-state index contributed by atoms with van der Waals surface area (Å²) in [5.74, 6) is -1.02. The number of anilines is 1. The fraction of sp³-hybridized carbons (Fsp3) is 0.353. The molecule has 126 valence electrons. The second-order valence-corrected chi connectivity index (χ2v) is 6.85. The molecule has 0 spiro atoms. The average Bonchev–Trinajstić information content (AvgIpc) is 3.18. The summed E-state index contributed by atoms with van der Waals surface area (Å²) >= 11 is 1.38. The van der Waals surface area contributed by atoms with Gasteiger partial charge in [0, 0.05) is 18.2 Å². The summed E-state index contributed by atoms with van der Waals surface area (Å²) < 4.78 is 5.37. The van der Waals surface area contributed by atoms with Gasteiger partial charge in [0.25, 0.3) is 5.91 Å². The Morgan fingerprint density at radius 3 is 2.83 bits per heavy atom. The maximum atomic E-state index is 12.5. The Balaban J connectivity index is 1.80. The summed E-state index contributed by atoms with van der Waals surface area (Å²) in [5, 5.41) is 12.9. The van der Waals surface area contributed by atoms with Crippen molar-refractivity contribution in [3.63, 3.8) is 0 Å². The van der Waals surface area contributed by atoms with Crippen molar-refractivity contribution < 1.29 is 19.4 Å². The van der Waals surface area contributed by atoms with E-state index in [0.29, 0.717) is 28.4 Å². The number of nitrogens with zero attached hydrogens (tertiary/aromatic N) is 1. The van der Waals surface area contributed by atoms with E-state index in [1.54, 1.807) is 19.1 Å². The van der Waals surface area contributed by atoms with E-state index in [1.807, 2.05) is 6.92 Å². The molecule has 0 aliphatic carbocycles. The number of aromatic nitrogens is 1. The maximum Gasteiger partial charge on any atom is 0.336 e. The first-order valence-corrected chi connectivity index (χ1v) is 8.47. The Hall–Kier alpha value is -2.25. The molecular weight excluding hydrogens is 328 g/mol. The lowest BCUT2D eigenvalue weighted by atomic mass is 10.1. The normalized spacial score (nSPS) is 17.0. The van der Waals surface area contributed by atoms with Crippen LogP contribution < -0.4 is 5.32 Å². The fourth-order valence-electron chi connectivity index (χ4n) is 2.65. The SMILES string of the molecule is Cc1ccc(NC(=O)c2sc(C3CCOC3)nc2C)cc1C(=O)O. The average molecular weight is 346 g/mol. The van der Waals surface area contributed by atoms with Crippen LogP contribution in [0, 0.1) is 13.8 Å². The number of carbonyl (C=O) groups is 2. The monoisotopic (exact) mass is 346 g/mol. The van der Waals surface area contributed by atoms with Crippen molar-refractivity contribution in [1.29, 1.82) is 0 Å². The predicted molar refractivity (Wildman–Crippen MR) is 91.1 cm³/mol. The molecular formula is C17H18N2O4S. The first kappa shape index (κ1) is 16.6. The lowest BCUT2D eigenvalue weighted by Gasteiger charge is -2.07. The molecule has 2 N–H and O–H groups in total. The highest BCUT2D eigenvalue weighted by molar-refractivity contribution is 7.14. The zero-order valence-corrected chi connectivity index (χ0v) is 14.3. The number of aromatic carboxylic acids is 1. The number of carboxylic acid groups (broad SMARTS) is 1. The van der Waals surface area contributed by atoms with Gasteiger partial charge >= 0.3 is 5.97 Å². The van der Waals surface area contributed by atoms with Gasteiger partial charge in [-0.05, 0) is 38.0 Å². The molecule has 1 unspecified atom stereocenters. The second kappa shape index (κ2) is 6.70. The quantitative estimate of drug-likeness (QED) is 0.887. The lowest BCUT2D eigenvalue weighted by Crippen LogP contribution is -2.12. The largest absolute Gasteiger partial charge is 0.478 e. The smallest absolute Gasteiger partial charge is 0.336 e. The van der Waals surface area contributed by atoms with Gasteiger partial charge in [0.1, 0.15) is 4.88 Å². The Morgan fingerprint density at radius 2 is 2.17 bits per heavy atom. The van der Waals surface area contributed by atoms with Crippen LogP contribution in [0.5, 0.6) is 0 Å². The summed E-state index contributed by atoms with van der Waals surface area (Å²) in [4.78, 5) is 28.8. The molecule has 1 aliphatic heterocycles. The fourth-order valence-corrected chi connectivity index (χ4v) is 3.73. The minimum Gasteiger partial charge on any atom is -0.478 e. The van der Waals surface area contributed by atoms with Crippen LogP contribution in [-0.2, 0) is 4.74 Å². The lowest BCUT2D eigenvalue weighted by molar-refractivity contribution is 0.0695. The van der Waals surface area contributed by atoms with Crippen molar-refractivity contribution in [2.45, 2.75) is 26.2 Å². The van der Waals surface area contributed by atoms with Crippen LogP contribution >= 0.6 is 11.3 Å². The third-order valence-corrected chi connectivity index (χ3v) is 5.34. The van der Waals surface area contributed by atoms with E-state index < -0.39 is 5.97 Å². The molecule has 1 aromatic heterocycles. The van der Waals surface area contributed by atoms with E-state index in [4.69, 9.17) is 4.74 Å². The van der Waals surface area contributed by atoms with E-state index >= 15 is 0 Å². The number of thiazole rings is 1. The number of amides is 1.